The highest BCUT2D eigenvalue weighted by Gasteiger charge is 2.32. The summed E-state index contributed by atoms with van der Waals surface area (Å²) in [5, 5.41) is 0.946. The van der Waals surface area contributed by atoms with E-state index in [1.54, 1.807) is 6.07 Å². The first-order valence-corrected chi connectivity index (χ1v) is 9.37. The lowest BCUT2D eigenvalue weighted by Crippen LogP contribution is -2.45. The van der Waals surface area contributed by atoms with E-state index in [-0.39, 0.29) is 5.56 Å². The molecule has 0 aliphatic rings. The summed E-state index contributed by atoms with van der Waals surface area (Å²) in [5.41, 5.74) is -0.898. The van der Waals surface area contributed by atoms with E-state index in [1.807, 2.05) is 5.32 Å². The molecule has 1 N–H and O–H groups in total. The Bertz CT molecular complexity index is 925. The number of amides is 1. The highest BCUT2D eigenvalue weighted by molar-refractivity contribution is 7.87. The Morgan fingerprint density at radius 3 is 2.04 bits per heavy atom. The van der Waals surface area contributed by atoms with E-state index in [2.05, 4.69) is 0 Å². The molecule has 0 saturated carbocycles. The van der Waals surface area contributed by atoms with Crippen LogP contribution in [0.3, 0.4) is 0 Å². The zero-order valence-electron chi connectivity index (χ0n) is 14.5. The first kappa shape index (κ1) is 20.7. The number of Topliss-reactive ketones (excluding diaryl/α,β-unsaturated/α-hetero) is 1. The molecule has 27 heavy (non-hydrogen) atoms. The maximum absolute atomic E-state index is 13.8. The molecular formula is C18H17F2NO5S. The second kappa shape index (κ2) is 8.36. The zero-order valence-corrected chi connectivity index (χ0v) is 15.3. The van der Waals surface area contributed by atoms with Gasteiger partial charge in [-0.15, -0.1) is 0 Å². The van der Waals surface area contributed by atoms with Crippen LogP contribution in [0.4, 0.5) is 8.78 Å². The van der Waals surface area contributed by atoms with Gasteiger partial charge in [0.05, 0.1) is 5.25 Å². The van der Waals surface area contributed by atoms with Crippen LogP contribution in [0.15, 0.2) is 48.5 Å². The van der Waals surface area contributed by atoms with Crippen molar-refractivity contribution in [2.24, 2.45) is 0 Å². The van der Waals surface area contributed by atoms with Crippen LogP contribution in [0.5, 0.6) is 0 Å². The molecule has 144 valence electrons. The molecule has 2 aromatic rings. The number of rotatable bonds is 7. The number of hydrogen-bond donors (Lipinski definition) is 1. The third-order valence-electron chi connectivity index (χ3n) is 3.56. The van der Waals surface area contributed by atoms with Gasteiger partial charge in [0.25, 0.3) is 16.0 Å². The molecule has 0 heterocycles. The molecule has 9 heteroatoms. The third-order valence-corrected chi connectivity index (χ3v) is 5.17. The molecule has 2 aromatic carbocycles. The van der Waals surface area contributed by atoms with Crippen molar-refractivity contribution in [2.75, 3.05) is 0 Å². The van der Waals surface area contributed by atoms with E-state index in [9.17, 15) is 26.8 Å². The van der Waals surface area contributed by atoms with Crippen molar-refractivity contribution in [1.82, 2.24) is 5.32 Å². The number of carbonyl (C=O) groups excluding carboxylic acids is 2. The fourth-order valence-electron chi connectivity index (χ4n) is 2.04. The maximum atomic E-state index is 13.8. The summed E-state index contributed by atoms with van der Waals surface area (Å²) in [6.07, 6.45) is -1.98. The summed E-state index contributed by atoms with van der Waals surface area (Å²) < 4.78 is 56.5. The smallest absolute Gasteiger partial charge is 0.272 e. The summed E-state index contributed by atoms with van der Waals surface area (Å²) in [6.45, 7) is 2.63. The first-order valence-electron chi connectivity index (χ1n) is 7.89. The quantitative estimate of drug-likeness (QED) is 0.441. The SMILES string of the molecule is CC(C)S(=O)(=O)OC(NC(=O)c1c(F)cccc1F)C(=O)c1ccccc1. The van der Waals surface area contributed by atoms with Gasteiger partial charge >= 0.3 is 0 Å². The van der Waals surface area contributed by atoms with Crippen LogP contribution in [0, 0.1) is 11.6 Å². The predicted octanol–water partition coefficient (Wildman–Crippen LogP) is 2.66. The highest BCUT2D eigenvalue weighted by Crippen LogP contribution is 2.15. The van der Waals surface area contributed by atoms with E-state index >= 15 is 0 Å². The van der Waals surface area contributed by atoms with Gasteiger partial charge in [0, 0.05) is 5.56 Å². The van der Waals surface area contributed by atoms with E-state index < -0.39 is 50.5 Å². The lowest BCUT2D eigenvalue weighted by Gasteiger charge is -2.19. The Morgan fingerprint density at radius 1 is 0.963 bits per heavy atom. The normalized spacial score (nSPS) is 12.6. The van der Waals surface area contributed by atoms with E-state index in [1.165, 1.54) is 38.1 Å². The number of ketones is 1. The van der Waals surface area contributed by atoms with Crippen LogP contribution in [-0.4, -0.2) is 31.6 Å². The molecule has 2 rings (SSSR count). The number of nitrogens with one attached hydrogen (secondary N) is 1. The number of carbonyl (C=O) groups is 2. The minimum Gasteiger partial charge on any atom is -0.319 e. The van der Waals surface area contributed by atoms with E-state index in [0.29, 0.717) is 0 Å². The monoisotopic (exact) mass is 397 g/mol. The minimum atomic E-state index is -4.22. The molecule has 0 aliphatic carbocycles. The van der Waals surface area contributed by atoms with Crippen molar-refractivity contribution in [3.63, 3.8) is 0 Å². The Labute approximate surface area is 155 Å². The third kappa shape index (κ3) is 4.95. The van der Waals surface area contributed by atoms with Crippen molar-refractivity contribution in [1.29, 1.82) is 0 Å². The van der Waals surface area contributed by atoms with Crippen molar-refractivity contribution in [2.45, 2.75) is 25.3 Å². The van der Waals surface area contributed by atoms with Gasteiger partial charge in [0.2, 0.25) is 12.0 Å². The number of hydrogen-bond acceptors (Lipinski definition) is 5. The van der Waals surface area contributed by atoms with Crippen molar-refractivity contribution in [3.8, 4) is 0 Å². The summed E-state index contributed by atoms with van der Waals surface area (Å²) in [4.78, 5) is 24.9. The van der Waals surface area contributed by atoms with Crippen LogP contribution in [0.25, 0.3) is 0 Å². The molecule has 0 saturated heterocycles. The van der Waals surface area contributed by atoms with Gasteiger partial charge in [-0.25, -0.2) is 13.0 Å². The summed E-state index contributed by atoms with van der Waals surface area (Å²) in [6, 6.07) is 10.2. The second-order valence-corrected chi connectivity index (χ2v) is 7.94. The van der Waals surface area contributed by atoms with Crippen molar-refractivity contribution < 1.29 is 31.0 Å². The van der Waals surface area contributed by atoms with Crippen molar-refractivity contribution >= 4 is 21.8 Å². The zero-order chi connectivity index (χ0) is 20.2. The van der Waals surface area contributed by atoms with Gasteiger partial charge in [-0.05, 0) is 26.0 Å². The van der Waals surface area contributed by atoms with Crippen LogP contribution in [0.2, 0.25) is 0 Å². The lowest BCUT2D eigenvalue weighted by atomic mass is 10.1. The highest BCUT2D eigenvalue weighted by atomic mass is 32.2. The number of benzene rings is 2. The van der Waals surface area contributed by atoms with Crippen LogP contribution in [0.1, 0.15) is 34.6 Å². The molecule has 0 bridgehead atoms. The van der Waals surface area contributed by atoms with Gasteiger partial charge in [0.15, 0.2) is 0 Å². The molecule has 1 unspecified atom stereocenters. The Kier molecular flexibility index (Phi) is 6.40. The van der Waals surface area contributed by atoms with E-state index in [4.69, 9.17) is 4.18 Å². The lowest BCUT2D eigenvalue weighted by molar-refractivity contribution is 0.0666. The Balaban J connectivity index is 2.38. The van der Waals surface area contributed by atoms with Gasteiger partial charge in [-0.1, -0.05) is 36.4 Å². The topological polar surface area (TPSA) is 89.5 Å². The summed E-state index contributed by atoms with van der Waals surface area (Å²) in [5.74, 6) is -4.53. The molecule has 0 radical (unpaired) electrons. The number of halogens is 2. The van der Waals surface area contributed by atoms with Gasteiger partial charge in [-0.3, -0.25) is 9.59 Å². The largest absolute Gasteiger partial charge is 0.319 e. The summed E-state index contributed by atoms with van der Waals surface area (Å²) >= 11 is 0. The fraction of sp³-hybridized carbons (Fsp3) is 0.222. The Hall–Kier alpha value is -2.65. The molecule has 6 nitrogen and oxygen atoms in total. The minimum absolute atomic E-state index is 0.0516. The molecule has 0 spiro atoms. The maximum Gasteiger partial charge on any atom is 0.272 e. The van der Waals surface area contributed by atoms with Gasteiger partial charge in [0.1, 0.15) is 17.2 Å². The molecular weight excluding hydrogens is 380 g/mol. The van der Waals surface area contributed by atoms with Crippen LogP contribution >= 0.6 is 0 Å². The predicted molar refractivity (Wildman–Crippen MR) is 93.5 cm³/mol. The summed E-state index contributed by atoms with van der Waals surface area (Å²) in [7, 11) is -4.22. The van der Waals surface area contributed by atoms with Crippen LogP contribution in [-0.2, 0) is 14.3 Å². The molecule has 1 atom stereocenters. The van der Waals surface area contributed by atoms with Gasteiger partial charge in [-0.2, -0.15) is 8.42 Å². The van der Waals surface area contributed by atoms with E-state index in [0.717, 1.165) is 18.2 Å². The molecule has 0 fully saturated rings. The van der Waals surface area contributed by atoms with Crippen molar-refractivity contribution in [3.05, 3.63) is 71.3 Å². The molecule has 0 aromatic heterocycles. The second-order valence-electron chi connectivity index (χ2n) is 5.82. The fourth-order valence-corrected chi connectivity index (χ4v) is 2.66. The molecule has 0 aliphatic heterocycles. The Morgan fingerprint density at radius 2 is 1.52 bits per heavy atom. The molecule has 1 amide bonds. The standard InChI is InChI=1S/C18H17F2NO5S/c1-11(2)27(24,25)26-18(16(22)12-7-4-3-5-8-12)21-17(23)15-13(19)9-6-10-14(15)20/h3-11,18H,1-2H3,(H,21,23). The first-order chi connectivity index (χ1) is 12.6. The van der Waals surface area contributed by atoms with Gasteiger partial charge < -0.3 is 5.32 Å². The average Bonchev–Trinajstić information content (AvgIpc) is 2.60. The average molecular weight is 397 g/mol. The van der Waals surface area contributed by atoms with Crippen LogP contribution < -0.4 is 5.32 Å².